The van der Waals surface area contributed by atoms with Gasteiger partial charge < -0.3 is 20.5 Å². The molecule has 3 N–H and O–H groups in total. The maximum Gasteiger partial charge on any atom is 0.226 e. The van der Waals surface area contributed by atoms with Gasteiger partial charge in [-0.3, -0.25) is 4.79 Å². The van der Waals surface area contributed by atoms with Crippen LogP contribution in [0.2, 0.25) is 0 Å². The molecule has 0 aromatic heterocycles. The number of amides is 1. The molecule has 3 aliphatic carbocycles. The lowest BCUT2D eigenvalue weighted by Crippen LogP contribution is -2.70. The summed E-state index contributed by atoms with van der Waals surface area (Å²) in [6.45, 7) is 5.17. The average Bonchev–Trinajstić information content (AvgIpc) is 2.60. The SMILES string of the molecule is CC1(C)CC(NC(=O)C23CC(c4ccc(OC/C(=C/F)CN)cc4)(C2)C3)CCO1. The second kappa shape index (κ2) is 7.40. The molecule has 1 aromatic carbocycles. The van der Waals surface area contributed by atoms with Crippen molar-refractivity contribution in [1.82, 2.24) is 5.32 Å². The van der Waals surface area contributed by atoms with Crippen molar-refractivity contribution >= 4 is 5.91 Å². The summed E-state index contributed by atoms with van der Waals surface area (Å²) in [6.07, 6.45) is 5.01. The largest absolute Gasteiger partial charge is 0.489 e. The third kappa shape index (κ3) is 3.80. The molecular weight excluding hydrogens is 371 g/mol. The Morgan fingerprint density at radius 1 is 1.31 bits per heavy atom. The lowest BCUT2D eigenvalue weighted by molar-refractivity contribution is -0.178. The van der Waals surface area contributed by atoms with Gasteiger partial charge in [0.1, 0.15) is 12.4 Å². The zero-order chi connectivity index (χ0) is 20.7. The summed E-state index contributed by atoms with van der Waals surface area (Å²) in [5.74, 6) is 0.914. The van der Waals surface area contributed by atoms with E-state index in [0.717, 1.165) is 32.1 Å². The van der Waals surface area contributed by atoms with Crippen LogP contribution in [0.4, 0.5) is 4.39 Å². The number of hydrogen-bond donors (Lipinski definition) is 2. The first-order valence-electron chi connectivity index (χ1n) is 10.5. The van der Waals surface area contributed by atoms with E-state index in [4.69, 9.17) is 15.2 Å². The highest BCUT2D eigenvalue weighted by Crippen LogP contribution is 2.73. The molecule has 2 bridgehead atoms. The van der Waals surface area contributed by atoms with E-state index in [0.29, 0.717) is 24.3 Å². The van der Waals surface area contributed by atoms with Crippen LogP contribution < -0.4 is 15.8 Å². The van der Waals surface area contributed by atoms with Crippen LogP contribution in [-0.2, 0) is 14.9 Å². The third-order valence-corrected chi connectivity index (χ3v) is 6.85. The van der Waals surface area contributed by atoms with E-state index < -0.39 is 0 Å². The Morgan fingerprint density at radius 2 is 2.00 bits per heavy atom. The van der Waals surface area contributed by atoms with Gasteiger partial charge in [0.25, 0.3) is 0 Å². The molecule has 1 aromatic rings. The monoisotopic (exact) mass is 402 g/mol. The highest BCUT2D eigenvalue weighted by atomic mass is 19.1. The smallest absolute Gasteiger partial charge is 0.226 e. The first-order valence-corrected chi connectivity index (χ1v) is 10.5. The molecule has 4 aliphatic rings. The minimum atomic E-state index is -0.181. The Balaban J connectivity index is 1.30. The summed E-state index contributed by atoms with van der Waals surface area (Å²) in [7, 11) is 0. The van der Waals surface area contributed by atoms with Crippen molar-refractivity contribution in [1.29, 1.82) is 0 Å². The van der Waals surface area contributed by atoms with Crippen LogP contribution in [0, 0.1) is 5.41 Å². The maximum atomic E-state index is 12.9. The fourth-order valence-electron chi connectivity index (χ4n) is 5.24. The van der Waals surface area contributed by atoms with Crippen molar-refractivity contribution in [2.24, 2.45) is 11.1 Å². The number of ether oxygens (including phenoxy) is 2. The molecule has 0 spiro atoms. The molecule has 1 unspecified atom stereocenters. The van der Waals surface area contributed by atoms with Gasteiger partial charge in [0, 0.05) is 24.8 Å². The molecule has 5 nitrogen and oxygen atoms in total. The van der Waals surface area contributed by atoms with Crippen molar-refractivity contribution in [2.45, 2.75) is 63.0 Å². The first-order chi connectivity index (χ1) is 13.8. The molecule has 6 heteroatoms. The lowest BCUT2D eigenvalue weighted by atomic mass is 9.33. The Morgan fingerprint density at radius 3 is 2.59 bits per heavy atom. The summed E-state index contributed by atoms with van der Waals surface area (Å²) in [5, 5.41) is 3.29. The lowest BCUT2D eigenvalue weighted by Gasteiger charge is -2.70. The van der Waals surface area contributed by atoms with E-state index >= 15 is 0 Å². The molecule has 3 saturated carbocycles. The van der Waals surface area contributed by atoms with E-state index in [9.17, 15) is 9.18 Å². The second-order valence-corrected chi connectivity index (χ2v) is 9.65. The normalized spacial score (nSPS) is 32.7. The molecule has 1 saturated heterocycles. The van der Waals surface area contributed by atoms with E-state index in [1.54, 1.807) is 0 Å². The van der Waals surface area contributed by atoms with Gasteiger partial charge in [-0.15, -0.1) is 0 Å². The Labute approximate surface area is 171 Å². The molecule has 29 heavy (non-hydrogen) atoms. The van der Waals surface area contributed by atoms with Gasteiger partial charge >= 0.3 is 0 Å². The molecule has 1 atom stereocenters. The van der Waals surface area contributed by atoms with E-state index in [2.05, 4.69) is 31.3 Å². The van der Waals surface area contributed by atoms with Crippen molar-refractivity contribution < 1.29 is 18.7 Å². The van der Waals surface area contributed by atoms with Gasteiger partial charge in [-0.2, -0.15) is 0 Å². The summed E-state index contributed by atoms with van der Waals surface area (Å²) in [4.78, 5) is 12.9. The number of carbonyl (C=O) groups excluding carboxylic acids is 1. The highest BCUT2D eigenvalue weighted by Gasteiger charge is 2.71. The number of nitrogens with two attached hydrogens (primary N) is 1. The van der Waals surface area contributed by atoms with Crippen LogP contribution in [-0.4, -0.2) is 37.3 Å². The number of rotatable bonds is 7. The fraction of sp³-hybridized carbons (Fsp3) is 0.609. The maximum absolute atomic E-state index is 12.9. The summed E-state index contributed by atoms with van der Waals surface area (Å²) in [5.41, 5.74) is 6.91. The van der Waals surface area contributed by atoms with Gasteiger partial charge in [-0.1, -0.05) is 12.1 Å². The van der Waals surface area contributed by atoms with Gasteiger partial charge in [0.15, 0.2) is 0 Å². The van der Waals surface area contributed by atoms with Gasteiger partial charge in [-0.25, -0.2) is 4.39 Å². The standard InChI is InChI=1S/C23H31FN2O3/c1-21(2)9-18(7-8-29-21)26-20(27)23-13-22(14-23,15-23)17-3-5-19(6-4-17)28-12-16(10-24)11-25/h3-6,10,18H,7-9,11-15,25H2,1-2H3,(H,26,27)/b16-10+. The Kier molecular flexibility index (Phi) is 5.20. The molecule has 158 valence electrons. The van der Waals surface area contributed by atoms with Crippen molar-refractivity contribution in [3.8, 4) is 5.75 Å². The third-order valence-electron chi connectivity index (χ3n) is 6.85. The van der Waals surface area contributed by atoms with Crippen LogP contribution in [0.25, 0.3) is 0 Å². The minimum absolute atomic E-state index is 0.131. The number of carbonyl (C=O) groups is 1. The first kappa shape index (κ1) is 20.4. The van der Waals surface area contributed by atoms with E-state index in [1.807, 2.05) is 12.1 Å². The van der Waals surface area contributed by atoms with Crippen molar-refractivity contribution in [3.05, 3.63) is 41.7 Å². The number of hydrogen-bond acceptors (Lipinski definition) is 4. The molecule has 1 amide bonds. The van der Waals surface area contributed by atoms with Crippen LogP contribution in [0.5, 0.6) is 5.75 Å². The predicted octanol–water partition coefficient (Wildman–Crippen LogP) is 3.37. The Bertz CT molecular complexity index is 783. The van der Waals surface area contributed by atoms with Crippen LogP contribution in [0.3, 0.4) is 0 Å². The number of halogens is 1. The van der Waals surface area contributed by atoms with Gasteiger partial charge in [0.05, 0.1) is 17.3 Å². The fourth-order valence-corrected chi connectivity index (χ4v) is 5.24. The van der Waals surface area contributed by atoms with Crippen molar-refractivity contribution in [3.63, 3.8) is 0 Å². The topological polar surface area (TPSA) is 73.6 Å². The molecule has 0 radical (unpaired) electrons. The zero-order valence-corrected chi connectivity index (χ0v) is 17.3. The van der Waals surface area contributed by atoms with E-state index in [-0.39, 0.29) is 41.5 Å². The molecule has 4 fully saturated rings. The van der Waals surface area contributed by atoms with Crippen molar-refractivity contribution in [2.75, 3.05) is 19.8 Å². The number of nitrogens with one attached hydrogen (secondary N) is 1. The van der Waals surface area contributed by atoms with E-state index in [1.165, 1.54) is 5.56 Å². The highest BCUT2D eigenvalue weighted by molar-refractivity contribution is 5.87. The average molecular weight is 403 g/mol. The summed E-state index contributed by atoms with van der Waals surface area (Å²) in [6, 6.07) is 8.18. The van der Waals surface area contributed by atoms with Crippen LogP contribution in [0.1, 0.15) is 51.5 Å². The zero-order valence-electron chi connectivity index (χ0n) is 17.3. The molecular formula is C23H31FN2O3. The summed E-state index contributed by atoms with van der Waals surface area (Å²) >= 11 is 0. The minimum Gasteiger partial charge on any atom is -0.489 e. The molecule has 1 aliphatic heterocycles. The van der Waals surface area contributed by atoms with Crippen LogP contribution >= 0.6 is 0 Å². The number of benzene rings is 1. The predicted molar refractivity (Wildman–Crippen MR) is 109 cm³/mol. The van der Waals surface area contributed by atoms with Crippen LogP contribution in [0.15, 0.2) is 36.2 Å². The quantitative estimate of drug-likeness (QED) is 0.733. The second-order valence-electron chi connectivity index (χ2n) is 9.65. The van der Waals surface area contributed by atoms with Gasteiger partial charge in [0.2, 0.25) is 5.91 Å². The van der Waals surface area contributed by atoms with Gasteiger partial charge in [-0.05, 0) is 69.1 Å². The summed E-state index contributed by atoms with van der Waals surface area (Å²) < 4.78 is 23.9. The molecule has 5 rings (SSSR count). The molecule has 1 heterocycles. The Hall–Kier alpha value is -1.92.